The van der Waals surface area contributed by atoms with E-state index >= 15 is 0 Å². The number of anilines is 2. The Kier molecular flexibility index (Phi) is 10.8. The average molecular weight is 643 g/mol. The molecule has 0 aliphatic heterocycles. The lowest BCUT2D eigenvalue weighted by atomic mass is 10.1. The predicted octanol–water partition coefficient (Wildman–Crippen LogP) is 7.85. The molecule has 3 N–H and O–H groups in total. The largest absolute Gasteiger partial charge is 0.325 e. The molecule has 1 unspecified atom stereocenters. The highest BCUT2D eigenvalue weighted by atomic mass is 79.9. The highest BCUT2D eigenvalue weighted by Crippen LogP contribution is 2.28. The third kappa shape index (κ3) is 8.44. The number of aryl methyl sites for hydroxylation is 2. The third-order valence-electron chi connectivity index (χ3n) is 6.47. The van der Waals surface area contributed by atoms with Gasteiger partial charge in [-0.15, -0.1) is 11.8 Å². The first kappa shape index (κ1) is 30.8. The minimum absolute atomic E-state index is 0.0956. The summed E-state index contributed by atoms with van der Waals surface area (Å²) in [7, 11) is 0. The monoisotopic (exact) mass is 641 g/mol. The van der Waals surface area contributed by atoms with Gasteiger partial charge in [-0.05, 0) is 85.5 Å². The molecule has 1 atom stereocenters. The van der Waals surface area contributed by atoms with Crippen LogP contribution in [0.1, 0.15) is 40.9 Å². The molecule has 3 amide bonds. The molecule has 0 aliphatic rings. The van der Waals surface area contributed by atoms with E-state index in [0.717, 1.165) is 38.2 Å². The number of carbonyl (C=O) groups excluding carboxylic acids is 3. The fraction of sp³-hybridized carbons (Fsp3) is 0.147. The number of benzene rings is 4. The molecule has 4 rings (SSSR count). The number of rotatable bonds is 10. The molecular weight excluding hydrogens is 610 g/mol. The highest BCUT2D eigenvalue weighted by molar-refractivity contribution is 9.10. The van der Waals surface area contributed by atoms with E-state index in [-0.39, 0.29) is 16.9 Å². The van der Waals surface area contributed by atoms with Crippen molar-refractivity contribution < 1.29 is 14.4 Å². The van der Waals surface area contributed by atoms with Crippen LogP contribution in [0.15, 0.2) is 112 Å². The Balaban J connectivity index is 1.48. The van der Waals surface area contributed by atoms with Gasteiger partial charge >= 0.3 is 0 Å². The smallest absolute Gasteiger partial charge is 0.272 e. The van der Waals surface area contributed by atoms with Gasteiger partial charge in [-0.1, -0.05) is 77.5 Å². The van der Waals surface area contributed by atoms with Crippen molar-refractivity contribution in [1.29, 1.82) is 0 Å². The van der Waals surface area contributed by atoms with Crippen LogP contribution in [0.2, 0.25) is 0 Å². The second-order valence-corrected chi connectivity index (χ2v) is 12.0. The van der Waals surface area contributed by atoms with Crippen LogP contribution < -0.4 is 16.0 Å². The van der Waals surface area contributed by atoms with Crippen LogP contribution in [0.5, 0.6) is 0 Å². The number of hydrogen-bond donors (Lipinski definition) is 3. The summed E-state index contributed by atoms with van der Waals surface area (Å²) in [4.78, 5) is 40.2. The summed E-state index contributed by atoms with van der Waals surface area (Å²) in [6.45, 7) is 5.91. The summed E-state index contributed by atoms with van der Waals surface area (Å²) in [6.07, 6.45) is 2.45. The topological polar surface area (TPSA) is 87.3 Å². The maximum Gasteiger partial charge on any atom is 0.272 e. The van der Waals surface area contributed by atoms with Gasteiger partial charge in [0.25, 0.3) is 11.8 Å². The first-order chi connectivity index (χ1) is 20.2. The Labute approximate surface area is 259 Å². The Morgan fingerprint density at radius 3 is 2.31 bits per heavy atom. The molecule has 42 heavy (non-hydrogen) atoms. The van der Waals surface area contributed by atoms with Gasteiger partial charge in [0.1, 0.15) is 5.70 Å². The molecule has 214 valence electrons. The zero-order chi connectivity index (χ0) is 30.1. The maximum absolute atomic E-state index is 13.4. The summed E-state index contributed by atoms with van der Waals surface area (Å²) in [5.74, 6) is -0.957. The van der Waals surface area contributed by atoms with Crippen LogP contribution in [-0.2, 0) is 16.0 Å². The van der Waals surface area contributed by atoms with Gasteiger partial charge in [-0.3, -0.25) is 14.4 Å². The van der Waals surface area contributed by atoms with Crippen LogP contribution in [0.25, 0.3) is 6.08 Å². The van der Waals surface area contributed by atoms with Crippen molar-refractivity contribution >= 4 is 62.9 Å². The Morgan fingerprint density at radius 2 is 1.60 bits per heavy atom. The molecule has 0 fully saturated rings. The van der Waals surface area contributed by atoms with Crippen LogP contribution in [-0.4, -0.2) is 23.0 Å². The van der Waals surface area contributed by atoms with Crippen molar-refractivity contribution in [3.8, 4) is 0 Å². The van der Waals surface area contributed by atoms with E-state index in [1.807, 2.05) is 80.6 Å². The lowest BCUT2D eigenvalue weighted by Gasteiger charge is -2.17. The van der Waals surface area contributed by atoms with E-state index in [1.54, 1.807) is 36.4 Å². The molecule has 0 bridgehead atoms. The van der Waals surface area contributed by atoms with Gasteiger partial charge < -0.3 is 16.0 Å². The van der Waals surface area contributed by atoms with Crippen molar-refractivity contribution in [3.63, 3.8) is 0 Å². The summed E-state index contributed by atoms with van der Waals surface area (Å²) >= 11 is 4.82. The number of para-hydroxylation sites is 1. The molecule has 4 aromatic rings. The zero-order valence-electron chi connectivity index (χ0n) is 23.6. The fourth-order valence-electron chi connectivity index (χ4n) is 4.20. The molecule has 0 radical (unpaired) electrons. The predicted molar refractivity (Wildman–Crippen MR) is 176 cm³/mol. The second-order valence-electron chi connectivity index (χ2n) is 9.62. The normalized spacial score (nSPS) is 11.9. The van der Waals surface area contributed by atoms with Crippen molar-refractivity contribution in [2.24, 2.45) is 0 Å². The lowest BCUT2D eigenvalue weighted by Crippen LogP contribution is -2.30. The minimum Gasteiger partial charge on any atom is -0.325 e. The first-order valence-corrected chi connectivity index (χ1v) is 15.2. The van der Waals surface area contributed by atoms with Gasteiger partial charge in [-0.25, -0.2) is 0 Å². The van der Waals surface area contributed by atoms with Gasteiger partial charge in [-0.2, -0.15) is 0 Å². The molecule has 0 spiro atoms. The van der Waals surface area contributed by atoms with E-state index < -0.39 is 11.8 Å². The van der Waals surface area contributed by atoms with Gasteiger partial charge in [0, 0.05) is 26.3 Å². The Hall–Kier alpha value is -4.14. The number of halogens is 1. The van der Waals surface area contributed by atoms with Gasteiger partial charge in [0.05, 0.1) is 5.25 Å². The van der Waals surface area contributed by atoms with Crippen molar-refractivity contribution in [1.82, 2.24) is 5.32 Å². The molecule has 6 nitrogen and oxygen atoms in total. The van der Waals surface area contributed by atoms with E-state index in [9.17, 15) is 14.4 Å². The summed E-state index contributed by atoms with van der Waals surface area (Å²) in [6, 6.07) is 29.4. The fourth-order valence-corrected chi connectivity index (χ4v) is 5.39. The van der Waals surface area contributed by atoms with Crippen molar-refractivity contribution in [2.45, 2.75) is 37.3 Å². The van der Waals surface area contributed by atoms with Crippen LogP contribution in [0.4, 0.5) is 11.4 Å². The average Bonchev–Trinajstić information content (AvgIpc) is 2.99. The molecule has 0 saturated carbocycles. The molecular formula is C34H32BrN3O3S. The van der Waals surface area contributed by atoms with E-state index in [2.05, 4.69) is 38.8 Å². The molecule has 0 heterocycles. The minimum atomic E-state index is -0.471. The summed E-state index contributed by atoms with van der Waals surface area (Å²) < 4.78 is 0.904. The van der Waals surface area contributed by atoms with E-state index in [1.165, 1.54) is 11.8 Å². The van der Waals surface area contributed by atoms with Gasteiger partial charge in [0.15, 0.2) is 0 Å². The van der Waals surface area contributed by atoms with Gasteiger partial charge in [0.2, 0.25) is 5.91 Å². The standard InChI is InChI=1S/C34H32BrN3O3S/c1-4-25-13-8-10-22(2)31(25)38-32(39)23(3)42-29-15-9-14-28(21-29)36-34(41)30(20-24-16-18-27(35)19-17-24)37-33(40)26-11-6-5-7-12-26/h5-21,23H,4H2,1-3H3,(H,36,41)(H,37,40)(H,38,39)/b30-20+. The summed E-state index contributed by atoms with van der Waals surface area (Å²) in [5.41, 5.74) is 4.81. The zero-order valence-corrected chi connectivity index (χ0v) is 26.0. The molecule has 0 saturated heterocycles. The quantitative estimate of drug-likeness (QED) is 0.122. The first-order valence-electron chi connectivity index (χ1n) is 13.5. The highest BCUT2D eigenvalue weighted by Gasteiger charge is 2.18. The van der Waals surface area contributed by atoms with Crippen LogP contribution >= 0.6 is 27.7 Å². The number of nitrogens with one attached hydrogen (secondary N) is 3. The number of thioether (sulfide) groups is 1. The maximum atomic E-state index is 13.4. The summed E-state index contributed by atoms with van der Waals surface area (Å²) in [5, 5.41) is 8.36. The van der Waals surface area contributed by atoms with E-state index in [4.69, 9.17) is 0 Å². The number of amides is 3. The van der Waals surface area contributed by atoms with Crippen molar-refractivity contribution in [3.05, 3.63) is 129 Å². The van der Waals surface area contributed by atoms with Crippen molar-refractivity contribution in [2.75, 3.05) is 10.6 Å². The molecule has 4 aromatic carbocycles. The second kappa shape index (κ2) is 14.7. The lowest BCUT2D eigenvalue weighted by molar-refractivity contribution is -0.115. The van der Waals surface area contributed by atoms with Crippen LogP contribution in [0, 0.1) is 6.92 Å². The number of carbonyl (C=O) groups is 3. The van der Waals surface area contributed by atoms with E-state index in [0.29, 0.717) is 11.3 Å². The SMILES string of the molecule is CCc1cccc(C)c1NC(=O)C(C)Sc1cccc(NC(=O)/C(=C\c2ccc(Br)cc2)NC(=O)c2ccccc2)c1. The molecule has 8 heteroatoms. The molecule has 0 aliphatic carbocycles. The Morgan fingerprint density at radius 1 is 0.881 bits per heavy atom. The Bertz CT molecular complexity index is 1600. The van der Waals surface area contributed by atoms with Crippen LogP contribution in [0.3, 0.4) is 0 Å². The third-order valence-corrected chi connectivity index (χ3v) is 8.09. The molecule has 0 aromatic heterocycles. The number of hydrogen-bond acceptors (Lipinski definition) is 4.